The second-order valence-electron chi connectivity index (χ2n) is 5.96. The van der Waals surface area contributed by atoms with E-state index < -0.39 is 12.0 Å². The topological polar surface area (TPSA) is 104 Å². The normalized spacial score (nSPS) is 28.1. The summed E-state index contributed by atoms with van der Waals surface area (Å²) in [7, 11) is 0. The lowest BCUT2D eigenvalue weighted by molar-refractivity contribution is -0.168. The van der Waals surface area contributed by atoms with Crippen molar-refractivity contribution in [1.29, 1.82) is 0 Å². The lowest BCUT2D eigenvalue weighted by Gasteiger charge is -2.53. The zero-order valence-corrected chi connectivity index (χ0v) is 14.6. The number of carboxylic acid groups (broad SMARTS) is 1. The summed E-state index contributed by atoms with van der Waals surface area (Å²) in [5, 5.41) is 18.4. The quantitative estimate of drug-likeness (QED) is 0.785. The molecule has 8 nitrogen and oxygen atoms in total. The van der Waals surface area contributed by atoms with Gasteiger partial charge in [0, 0.05) is 24.3 Å². The first-order valence-corrected chi connectivity index (χ1v) is 9.09. The fourth-order valence-corrected chi connectivity index (χ4v) is 5.91. The van der Waals surface area contributed by atoms with Gasteiger partial charge in [0.25, 0.3) is 5.91 Å². The van der Waals surface area contributed by atoms with Gasteiger partial charge in [-0.05, 0) is 13.3 Å². The van der Waals surface area contributed by atoms with Crippen LogP contribution in [0.4, 0.5) is 0 Å². The molecule has 0 spiro atoms. The highest BCUT2D eigenvalue weighted by Gasteiger charge is 2.64. The van der Waals surface area contributed by atoms with Crippen LogP contribution in [0.5, 0.6) is 0 Å². The molecule has 1 aromatic rings. The van der Waals surface area contributed by atoms with E-state index in [4.69, 9.17) is 0 Å². The first kappa shape index (κ1) is 15.6. The third-order valence-electron chi connectivity index (χ3n) is 4.66. The fraction of sp³-hybridized carbons (Fsp3) is 0.500. The SMILES string of the molecule is CC(=O)N1CCC2C(Sc3nnc(C)s3)=C(C(=O)O)N3C(=O)[C@@H]1[C@@H]23. The number of aromatic nitrogens is 2. The molecule has 0 bridgehead atoms. The van der Waals surface area contributed by atoms with Crippen LogP contribution in [0.2, 0.25) is 0 Å². The molecule has 10 heteroatoms. The number of amides is 2. The molecule has 3 aliphatic rings. The Kier molecular flexibility index (Phi) is 3.43. The standard InChI is InChI=1S/C14H14N4O4S2/c1-5-15-16-14(23-5)24-11-7-3-4-17(6(2)19)9-8(7)18(12(9)20)10(11)13(21)22/h7-9H,3-4H2,1-2H3,(H,21,22)/t7?,8-,9+/m1/s1. The van der Waals surface area contributed by atoms with Gasteiger partial charge in [-0.2, -0.15) is 0 Å². The van der Waals surface area contributed by atoms with Crippen molar-refractivity contribution in [2.75, 3.05) is 6.54 Å². The molecule has 0 aliphatic carbocycles. The second kappa shape index (κ2) is 5.28. The molecule has 0 aromatic carbocycles. The Morgan fingerprint density at radius 2 is 2.12 bits per heavy atom. The molecule has 3 atom stereocenters. The van der Waals surface area contributed by atoms with Gasteiger partial charge in [-0.15, -0.1) is 10.2 Å². The van der Waals surface area contributed by atoms with Crippen molar-refractivity contribution in [3.05, 3.63) is 15.6 Å². The van der Waals surface area contributed by atoms with Crippen LogP contribution in [0.3, 0.4) is 0 Å². The molecular formula is C14H14N4O4S2. The van der Waals surface area contributed by atoms with Gasteiger partial charge in [-0.3, -0.25) is 14.5 Å². The molecule has 1 aromatic heterocycles. The third kappa shape index (κ3) is 2.02. The molecule has 3 aliphatic heterocycles. The van der Waals surface area contributed by atoms with Crippen LogP contribution in [0, 0.1) is 12.8 Å². The monoisotopic (exact) mass is 366 g/mol. The maximum Gasteiger partial charge on any atom is 0.353 e. The van der Waals surface area contributed by atoms with Crippen molar-refractivity contribution >= 4 is 40.9 Å². The summed E-state index contributed by atoms with van der Waals surface area (Å²) in [5.74, 6) is -1.64. The van der Waals surface area contributed by atoms with Crippen molar-refractivity contribution in [2.24, 2.45) is 5.92 Å². The van der Waals surface area contributed by atoms with Crippen LogP contribution < -0.4 is 0 Å². The van der Waals surface area contributed by atoms with Crippen LogP contribution in [-0.2, 0) is 14.4 Å². The van der Waals surface area contributed by atoms with E-state index in [0.717, 1.165) is 5.01 Å². The van der Waals surface area contributed by atoms with E-state index in [2.05, 4.69) is 10.2 Å². The summed E-state index contributed by atoms with van der Waals surface area (Å²) in [6, 6.07) is -0.803. The van der Waals surface area contributed by atoms with Crippen LogP contribution in [-0.4, -0.2) is 61.5 Å². The highest BCUT2D eigenvalue weighted by Crippen LogP contribution is 2.53. The summed E-state index contributed by atoms with van der Waals surface area (Å²) >= 11 is 2.68. The average Bonchev–Trinajstić information content (AvgIpc) is 3.07. The number of thioether (sulfide) groups is 1. The summed E-state index contributed by atoms with van der Waals surface area (Å²) in [4.78, 5) is 39.6. The molecule has 2 amide bonds. The molecule has 0 radical (unpaired) electrons. The van der Waals surface area contributed by atoms with E-state index in [9.17, 15) is 19.5 Å². The van der Waals surface area contributed by atoms with Crippen molar-refractivity contribution in [1.82, 2.24) is 20.0 Å². The highest BCUT2D eigenvalue weighted by molar-refractivity contribution is 8.04. The summed E-state index contributed by atoms with van der Waals surface area (Å²) in [6.07, 6.45) is 0.640. The Balaban J connectivity index is 1.72. The Bertz CT molecular complexity index is 804. The minimum absolute atomic E-state index is 0.0366. The Morgan fingerprint density at radius 1 is 1.38 bits per heavy atom. The highest BCUT2D eigenvalue weighted by atomic mass is 32.2. The number of carboxylic acids is 1. The number of aliphatic carboxylic acids is 1. The predicted molar refractivity (Wildman–Crippen MR) is 85.1 cm³/mol. The summed E-state index contributed by atoms with van der Waals surface area (Å²) in [5.41, 5.74) is 0.0366. The maximum absolute atomic E-state index is 12.5. The Labute approximate surface area is 145 Å². The van der Waals surface area contributed by atoms with Gasteiger partial charge in [0.2, 0.25) is 5.91 Å². The van der Waals surface area contributed by atoms with Gasteiger partial charge >= 0.3 is 5.97 Å². The van der Waals surface area contributed by atoms with Gasteiger partial charge in [-0.25, -0.2) is 4.79 Å². The zero-order valence-electron chi connectivity index (χ0n) is 12.9. The van der Waals surface area contributed by atoms with E-state index in [-0.39, 0.29) is 29.5 Å². The molecule has 24 heavy (non-hydrogen) atoms. The van der Waals surface area contributed by atoms with Gasteiger partial charge in [0.15, 0.2) is 4.34 Å². The van der Waals surface area contributed by atoms with Crippen molar-refractivity contribution in [3.63, 3.8) is 0 Å². The van der Waals surface area contributed by atoms with Gasteiger partial charge in [0.1, 0.15) is 16.7 Å². The Hall–Kier alpha value is -1.94. The predicted octanol–water partition coefficient (Wildman–Crippen LogP) is 0.696. The van der Waals surface area contributed by atoms with Crippen molar-refractivity contribution in [3.8, 4) is 0 Å². The largest absolute Gasteiger partial charge is 0.477 e. The molecule has 2 fully saturated rings. The zero-order chi connectivity index (χ0) is 17.2. The van der Waals surface area contributed by atoms with Crippen molar-refractivity contribution in [2.45, 2.75) is 36.7 Å². The molecule has 1 N–H and O–H groups in total. The minimum atomic E-state index is -1.12. The molecule has 2 saturated heterocycles. The summed E-state index contributed by atoms with van der Waals surface area (Å²) < 4.78 is 0.668. The van der Waals surface area contributed by atoms with Crippen LogP contribution in [0.1, 0.15) is 18.4 Å². The summed E-state index contributed by atoms with van der Waals surface area (Å²) in [6.45, 7) is 3.74. The number of β-lactam (4-membered cyclic amide) rings is 1. The molecule has 1 unspecified atom stereocenters. The number of carbonyl (C=O) groups is 3. The number of likely N-dealkylation sites (tertiary alicyclic amines) is 1. The number of carbonyl (C=O) groups excluding carboxylic acids is 2. The lowest BCUT2D eigenvalue weighted by atomic mass is 9.80. The molecular weight excluding hydrogens is 352 g/mol. The smallest absolute Gasteiger partial charge is 0.353 e. The van der Waals surface area contributed by atoms with E-state index >= 15 is 0 Å². The van der Waals surface area contributed by atoms with Crippen molar-refractivity contribution < 1.29 is 19.5 Å². The molecule has 4 rings (SSSR count). The number of piperidine rings is 1. The molecule has 0 saturated carbocycles. The fourth-order valence-electron chi connectivity index (χ4n) is 3.74. The van der Waals surface area contributed by atoms with Gasteiger partial charge < -0.3 is 10.0 Å². The Morgan fingerprint density at radius 3 is 2.71 bits per heavy atom. The number of hydrogen-bond donors (Lipinski definition) is 1. The molecule has 126 valence electrons. The van der Waals surface area contributed by atoms with E-state index in [1.165, 1.54) is 34.9 Å². The first-order valence-electron chi connectivity index (χ1n) is 7.46. The number of aryl methyl sites for hydroxylation is 1. The van der Waals surface area contributed by atoms with Crippen LogP contribution >= 0.6 is 23.1 Å². The van der Waals surface area contributed by atoms with Crippen LogP contribution in [0.15, 0.2) is 14.9 Å². The van der Waals surface area contributed by atoms with E-state index in [0.29, 0.717) is 22.2 Å². The average molecular weight is 366 g/mol. The maximum atomic E-state index is 12.5. The van der Waals surface area contributed by atoms with Gasteiger partial charge in [0.05, 0.1) is 6.04 Å². The lowest BCUT2D eigenvalue weighted by Crippen LogP contribution is -2.73. The van der Waals surface area contributed by atoms with Crippen LogP contribution in [0.25, 0.3) is 0 Å². The minimum Gasteiger partial charge on any atom is -0.477 e. The number of nitrogens with zero attached hydrogens (tertiary/aromatic N) is 4. The second-order valence-corrected chi connectivity index (χ2v) is 8.43. The number of rotatable bonds is 3. The van der Waals surface area contributed by atoms with E-state index in [1.54, 1.807) is 4.90 Å². The number of hydrogen-bond acceptors (Lipinski definition) is 7. The van der Waals surface area contributed by atoms with Gasteiger partial charge in [-0.1, -0.05) is 23.1 Å². The molecule has 4 heterocycles. The third-order valence-corrected chi connectivity index (χ3v) is 6.77. The van der Waals surface area contributed by atoms with E-state index in [1.807, 2.05) is 6.92 Å². The first-order chi connectivity index (χ1) is 11.4.